The van der Waals surface area contributed by atoms with Gasteiger partial charge in [-0.2, -0.15) is 0 Å². The molecular weight excluding hydrogens is 440 g/mol. The Morgan fingerprint density at radius 1 is 1.34 bits per heavy atom. The Morgan fingerprint density at radius 2 is 2.10 bits per heavy atom. The van der Waals surface area contributed by atoms with Gasteiger partial charge in [0.1, 0.15) is 21.5 Å². The van der Waals surface area contributed by atoms with Gasteiger partial charge in [0.2, 0.25) is 5.91 Å². The molecule has 4 heterocycles. The molecule has 0 bridgehead atoms. The van der Waals surface area contributed by atoms with E-state index < -0.39 is 5.54 Å². The summed E-state index contributed by atoms with van der Waals surface area (Å²) in [5.41, 5.74) is 5.93. The van der Waals surface area contributed by atoms with Gasteiger partial charge in [-0.3, -0.25) is 18.9 Å². The average Bonchev–Trinajstić information content (AvgIpc) is 3.04. The Kier molecular flexibility index (Phi) is 5.02. The monoisotopic (exact) mass is 464 g/mol. The number of piperidine rings is 1. The van der Waals surface area contributed by atoms with E-state index in [-0.39, 0.29) is 30.4 Å². The molecule has 156 valence electrons. The molecule has 2 N–H and O–H groups in total. The van der Waals surface area contributed by atoms with Crippen LogP contribution in [0, 0.1) is 0 Å². The molecule has 2 aromatic heterocycles. The molecule has 2 aliphatic heterocycles. The zero-order valence-corrected chi connectivity index (χ0v) is 18.3. The number of hydrogen-bond acceptors (Lipinski definition) is 7. The predicted molar refractivity (Wildman–Crippen MR) is 110 cm³/mol. The standard InChI is InChI=1S/C19H25BrN6O3/c1-19(2,18(28)29-3)24-9-12-5-4-11(8-26(12)13(27)10-24)17-23-15(20)14-16(21)22-6-7-25(14)17/h6-7,11-12H,4-5,8-10H2,1-3H3,(H2,21,22)/t11-,12+/m1/s1. The summed E-state index contributed by atoms with van der Waals surface area (Å²) in [7, 11) is 1.38. The van der Waals surface area contributed by atoms with E-state index in [0.29, 0.717) is 23.5 Å². The first kappa shape index (κ1) is 20.1. The van der Waals surface area contributed by atoms with Crippen molar-refractivity contribution in [1.29, 1.82) is 0 Å². The topological polar surface area (TPSA) is 106 Å². The Morgan fingerprint density at radius 3 is 2.83 bits per heavy atom. The first-order chi connectivity index (χ1) is 13.7. The fourth-order valence-electron chi connectivity index (χ4n) is 4.44. The molecular formula is C19H25BrN6O3. The lowest BCUT2D eigenvalue weighted by atomic mass is 9.88. The number of carbonyl (C=O) groups is 2. The molecule has 2 fully saturated rings. The summed E-state index contributed by atoms with van der Waals surface area (Å²) in [6, 6.07) is 0.0813. The summed E-state index contributed by atoms with van der Waals surface area (Å²) < 4.78 is 7.55. The minimum absolute atomic E-state index is 0.0315. The van der Waals surface area contributed by atoms with Gasteiger partial charge in [-0.05, 0) is 42.6 Å². The smallest absolute Gasteiger partial charge is 0.325 e. The minimum atomic E-state index is -0.831. The highest BCUT2D eigenvalue weighted by Crippen LogP contribution is 2.35. The van der Waals surface area contributed by atoms with Gasteiger partial charge in [-0.15, -0.1) is 0 Å². The van der Waals surface area contributed by atoms with Crippen molar-refractivity contribution < 1.29 is 14.3 Å². The van der Waals surface area contributed by atoms with Gasteiger partial charge in [0, 0.05) is 37.4 Å². The lowest BCUT2D eigenvalue weighted by Gasteiger charge is -2.49. The van der Waals surface area contributed by atoms with Crippen LogP contribution in [-0.2, 0) is 14.3 Å². The van der Waals surface area contributed by atoms with E-state index in [2.05, 4.69) is 25.9 Å². The van der Waals surface area contributed by atoms with E-state index in [1.54, 1.807) is 20.0 Å². The van der Waals surface area contributed by atoms with Crippen LogP contribution >= 0.6 is 15.9 Å². The number of nitrogen functional groups attached to an aromatic ring is 1. The number of hydrogen-bond donors (Lipinski definition) is 1. The molecule has 1 amide bonds. The molecule has 9 nitrogen and oxygen atoms in total. The van der Waals surface area contributed by atoms with Gasteiger partial charge in [0.25, 0.3) is 0 Å². The summed E-state index contributed by atoms with van der Waals surface area (Å²) in [5.74, 6) is 1.11. The summed E-state index contributed by atoms with van der Waals surface area (Å²) in [6.45, 7) is 5.07. The van der Waals surface area contributed by atoms with Crippen LogP contribution in [0.25, 0.3) is 5.52 Å². The lowest BCUT2D eigenvalue weighted by Crippen LogP contribution is -2.65. The highest BCUT2D eigenvalue weighted by atomic mass is 79.9. The van der Waals surface area contributed by atoms with Crippen LogP contribution in [-0.4, -0.2) is 74.4 Å². The highest BCUT2D eigenvalue weighted by Gasteiger charge is 2.45. The third-order valence-corrected chi connectivity index (χ3v) is 6.75. The van der Waals surface area contributed by atoms with Crippen molar-refractivity contribution in [3.8, 4) is 0 Å². The fourth-order valence-corrected chi connectivity index (χ4v) is 5.02. The normalized spacial score (nSPS) is 23.3. The molecule has 2 atom stereocenters. The maximum absolute atomic E-state index is 13.0. The number of piperazine rings is 1. The van der Waals surface area contributed by atoms with Gasteiger partial charge in [-0.25, -0.2) is 9.97 Å². The van der Waals surface area contributed by atoms with Crippen molar-refractivity contribution in [2.45, 2.75) is 44.2 Å². The molecule has 2 aromatic rings. The second-order valence-electron chi connectivity index (χ2n) is 8.20. The van der Waals surface area contributed by atoms with Crippen LogP contribution < -0.4 is 5.73 Å². The van der Waals surface area contributed by atoms with E-state index in [1.165, 1.54) is 7.11 Å². The quantitative estimate of drug-likeness (QED) is 0.684. The number of aromatic nitrogens is 3. The highest BCUT2D eigenvalue weighted by molar-refractivity contribution is 9.10. The maximum Gasteiger partial charge on any atom is 0.325 e. The number of imidazole rings is 1. The third-order valence-electron chi connectivity index (χ3n) is 6.19. The molecule has 0 aliphatic carbocycles. The molecule has 2 aliphatic rings. The zero-order valence-electron chi connectivity index (χ0n) is 16.8. The number of rotatable bonds is 3. The minimum Gasteiger partial charge on any atom is -0.468 e. The number of esters is 1. The summed E-state index contributed by atoms with van der Waals surface area (Å²) in [6.07, 6.45) is 5.25. The van der Waals surface area contributed by atoms with E-state index in [1.807, 2.05) is 20.4 Å². The SMILES string of the molecule is COC(=O)C(C)(C)N1CC(=O)N2C[C@H](c3nc(Br)c4c(N)nccn34)CC[C@H]2C1. The van der Waals surface area contributed by atoms with Crippen molar-refractivity contribution in [3.05, 3.63) is 22.8 Å². The summed E-state index contributed by atoms with van der Waals surface area (Å²) in [4.78, 5) is 37.8. The Hall–Kier alpha value is -2.20. The van der Waals surface area contributed by atoms with E-state index in [9.17, 15) is 9.59 Å². The second-order valence-corrected chi connectivity index (χ2v) is 8.95. The van der Waals surface area contributed by atoms with Crippen molar-refractivity contribution >= 4 is 39.1 Å². The first-order valence-corrected chi connectivity index (χ1v) is 10.4. The molecule has 10 heteroatoms. The number of anilines is 1. The lowest BCUT2D eigenvalue weighted by molar-refractivity contribution is -0.160. The van der Waals surface area contributed by atoms with Crippen molar-refractivity contribution in [2.24, 2.45) is 0 Å². The van der Waals surface area contributed by atoms with Gasteiger partial charge in [0.15, 0.2) is 5.82 Å². The molecule has 0 saturated carbocycles. The number of halogens is 1. The molecule has 0 unspecified atom stereocenters. The number of methoxy groups -OCH3 is 1. The first-order valence-electron chi connectivity index (χ1n) is 9.65. The number of nitrogens with two attached hydrogens (primary N) is 1. The molecule has 29 heavy (non-hydrogen) atoms. The van der Waals surface area contributed by atoms with E-state index in [4.69, 9.17) is 10.5 Å². The number of carbonyl (C=O) groups excluding carboxylic acids is 2. The molecule has 0 aromatic carbocycles. The van der Waals surface area contributed by atoms with Gasteiger partial charge in [0.05, 0.1) is 13.7 Å². The number of fused-ring (bicyclic) bond motifs is 2. The van der Waals surface area contributed by atoms with E-state index in [0.717, 1.165) is 24.2 Å². The van der Waals surface area contributed by atoms with Crippen LogP contribution in [0.3, 0.4) is 0 Å². The van der Waals surface area contributed by atoms with Crippen LogP contribution in [0.5, 0.6) is 0 Å². The predicted octanol–water partition coefficient (Wildman–Crippen LogP) is 1.42. The van der Waals surface area contributed by atoms with Crippen LogP contribution in [0.4, 0.5) is 5.82 Å². The Labute approximate surface area is 177 Å². The molecule has 0 spiro atoms. The molecule has 2 saturated heterocycles. The fraction of sp³-hybridized carbons (Fsp3) is 0.579. The zero-order chi connectivity index (χ0) is 20.9. The Bertz CT molecular complexity index is 974. The van der Waals surface area contributed by atoms with Crippen molar-refractivity contribution in [3.63, 3.8) is 0 Å². The largest absolute Gasteiger partial charge is 0.468 e. The van der Waals surface area contributed by atoms with Crippen molar-refractivity contribution in [2.75, 3.05) is 32.5 Å². The van der Waals surface area contributed by atoms with Crippen molar-refractivity contribution in [1.82, 2.24) is 24.2 Å². The maximum atomic E-state index is 13.0. The summed E-state index contributed by atoms with van der Waals surface area (Å²) in [5, 5.41) is 0. The van der Waals surface area contributed by atoms with Gasteiger partial charge in [-0.1, -0.05) is 0 Å². The second kappa shape index (κ2) is 7.24. The number of amides is 1. The number of nitrogens with zero attached hydrogens (tertiary/aromatic N) is 5. The average molecular weight is 465 g/mol. The number of ether oxygens (including phenoxy) is 1. The third kappa shape index (κ3) is 3.28. The molecule has 0 radical (unpaired) electrons. The summed E-state index contributed by atoms with van der Waals surface area (Å²) >= 11 is 3.48. The molecule has 4 rings (SSSR count). The Balaban J connectivity index is 1.56. The van der Waals surface area contributed by atoms with Crippen LogP contribution in [0.2, 0.25) is 0 Å². The van der Waals surface area contributed by atoms with E-state index >= 15 is 0 Å². The van der Waals surface area contributed by atoms with Gasteiger partial charge >= 0.3 is 5.97 Å². The van der Waals surface area contributed by atoms with Gasteiger partial charge < -0.3 is 15.4 Å². The van der Waals surface area contributed by atoms with Crippen LogP contribution in [0.15, 0.2) is 17.0 Å². The van der Waals surface area contributed by atoms with Crippen LogP contribution in [0.1, 0.15) is 38.4 Å².